The summed E-state index contributed by atoms with van der Waals surface area (Å²) in [5.41, 5.74) is -0.495. The number of nitrogens with zero attached hydrogens (tertiary/aromatic N) is 2. The zero-order valence-electron chi connectivity index (χ0n) is 29.2. The fourth-order valence-electron chi connectivity index (χ4n) is 5.46. The molecule has 2 fully saturated rings. The summed E-state index contributed by atoms with van der Waals surface area (Å²) in [5.74, 6) is -2.80. The van der Waals surface area contributed by atoms with Crippen molar-refractivity contribution in [1.29, 1.82) is 0 Å². The molecule has 4 rings (SSSR count). The topological polar surface area (TPSA) is 100 Å². The molecular weight excluding hydrogens is 672 g/mol. The maximum absolute atomic E-state index is 13.8. The largest absolute Gasteiger partial charge is 0.598 e. The Morgan fingerprint density at radius 2 is 1.79 bits per heavy atom. The molecule has 1 heterocycles. The van der Waals surface area contributed by atoms with E-state index in [0.717, 1.165) is 38.3 Å². The van der Waals surface area contributed by atoms with Crippen LogP contribution in [-0.4, -0.2) is 63.7 Å². The van der Waals surface area contributed by atoms with E-state index in [0.29, 0.717) is 23.5 Å². The van der Waals surface area contributed by atoms with Gasteiger partial charge < -0.3 is 23.9 Å². The van der Waals surface area contributed by atoms with E-state index >= 15 is 0 Å². The van der Waals surface area contributed by atoms with Crippen molar-refractivity contribution in [2.24, 2.45) is 11.8 Å². The lowest BCUT2D eigenvalue weighted by molar-refractivity contribution is -0.265. The number of nitrogens with one attached hydrogen (secondary N) is 2. The number of imidazole rings is 1. The van der Waals surface area contributed by atoms with Crippen LogP contribution in [0.1, 0.15) is 90.2 Å². The molecule has 0 bridgehead atoms. The van der Waals surface area contributed by atoms with Gasteiger partial charge in [0, 0.05) is 45.3 Å². The summed E-state index contributed by atoms with van der Waals surface area (Å²) in [5, 5.41) is 3.06. The molecule has 1 aromatic heterocycles. The van der Waals surface area contributed by atoms with E-state index in [9.17, 15) is 31.3 Å². The Balaban J connectivity index is 1.68. The Hall–Kier alpha value is -1.78. The molecule has 3 atom stereocenters. The summed E-state index contributed by atoms with van der Waals surface area (Å²) >= 11 is -1.68. The smallest absolute Gasteiger partial charge is 0.416 e. The van der Waals surface area contributed by atoms with Crippen LogP contribution in [0.4, 0.5) is 22.0 Å². The van der Waals surface area contributed by atoms with Crippen LogP contribution in [0.25, 0.3) is 11.0 Å². The molecule has 1 unspecified atom stereocenters. The van der Waals surface area contributed by atoms with Crippen LogP contribution in [0.2, 0.25) is 25.7 Å². The van der Waals surface area contributed by atoms with E-state index in [1.807, 2.05) is 18.2 Å². The molecule has 1 aromatic carbocycles. The molecule has 0 spiro atoms. The van der Waals surface area contributed by atoms with Gasteiger partial charge in [-0.2, -0.15) is 13.2 Å². The molecule has 2 aliphatic carbocycles. The highest BCUT2D eigenvalue weighted by atomic mass is 32.2. The van der Waals surface area contributed by atoms with Gasteiger partial charge in [0.2, 0.25) is 11.8 Å². The first-order valence-electron chi connectivity index (χ1n) is 16.6. The van der Waals surface area contributed by atoms with Crippen molar-refractivity contribution in [2.75, 3.05) is 13.2 Å². The SMILES string of the molecule is CC(C)(C)[S+]([O-])N[C@@H](COC(C)(C)C(F)(F)F)c1nc2cc([C@H](NC(=O)CC3CC(F)(F)C3)C3CC3)ccc2n1COCC[Si](C)(C)C. The molecule has 272 valence electrons. The minimum absolute atomic E-state index is 0.0428. The minimum Gasteiger partial charge on any atom is -0.598 e. The third kappa shape index (κ3) is 10.4. The first kappa shape index (κ1) is 39.0. The molecule has 0 radical (unpaired) electrons. The van der Waals surface area contributed by atoms with Crippen LogP contribution in [0.5, 0.6) is 0 Å². The fraction of sp³-hybridized carbons (Fsp3) is 0.758. The first-order valence-corrected chi connectivity index (χ1v) is 21.5. The Bertz CT molecular complexity index is 1410. The molecule has 1 amide bonds. The summed E-state index contributed by atoms with van der Waals surface area (Å²) in [7, 11) is -1.42. The van der Waals surface area contributed by atoms with E-state index in [1.54, 1.807) is 25.3 Å². The average Bonchev–Trinajstić information content (AvgIpc) is 3.70. The Kier molecular flexibility index (Phi) is 11.7. The second-order valence-electron chi connectivity index (χ2n) is 16.1. The molecule has 2 aromatic rings. The lowest BCUT2D eigenvalue weighted by atomic mass is 9.79. The Morgan fingerprint density at radius 1 is 1.15 bits per heavy atom. The molecule has 2 N–H and O–H groups in total. The van der Waals surface area contributed by atoms with Crippen LogP contribution in [0, 0.1) is 11.8 Å². The zero-order chi connectivity index (χ0) is 35.9. The van der Waals surface area contributed by atoms with Gasteiger partial charge in [-0.3, -0.25) is 4.79 Å². The first-order chi connectivity index (χ1) is 22.0. The Labute approximate surface area is 284 Å². The number of hydrogen-bond acceptors (Lipinski definition) is 6. The van der Waals surface area contributed by atoms with Crippen molar-refractivity contribution in [3.8, 4) is 0 Å². The lowest BCUT2D eigenvalue weighted by Gasteiger charge is -2.34. The summed E-state index contributed by atoms with van der Waals surface area (Å²) in [6.07, 6.45) is -3.34. The highest BCUT2D eigenvalue weighted by molar-refractivity contribution is 7.90. The number of rotatable bonds is 16. The van der Waals surface area contributed by atoms with Crippen molar-refractivity contribution in [2.45, 2.75) is 134 Å². The molecule has 2 saturated carbocycles. The number of ether oxygens (including phenoxy) is 2. The van der Waals surface area contributed by atoms with E-state index < -0.39 is 54.5 Å². The van der Waals surface area contributed by atoms with Crippen molar-refractivity contribution >= 4 is 36.4 Å². The number of fused-ring (bicyclic) bond motifs is 1. The molecule has 48 heavy (non-hydrogen) atoms. The zero-order valence-corrected chi connectivity index (χ0v) is 31.0. The predicted octanol–water partition coefficient (Wildman–Crippen LogP) is 7.80. The van der Waals surface area contributed by atoms with Gasteiger partial charge in [-0.15, -0.1) is 4.72 Å². The Morgan fingerprint density at radius 3 is 2.33 bits per heavy atom. The quantitative estimate of drug-likeness (QED) is 0.0794. The van der Waals surface area contributed by atoms with Gasteiger partial charge in [0.1, 0.15) is 23.3 Å². The van der Waals surface area contributed by atoms with Crippen LogP contribution < -0.4 is 10.0 Å². The fourth-order valence-corrected chi connectivity index (χ4v) is 7.00. The summed E-state index contributed by atoms with van der Waals surface area (Å²) in [6, 6.07) is 5.14. The maximum Gasteiger partial charge on any atom is 0.416 e. The highest BCUT2D eigenvalue weighted by Gasteiger charge is 2.49. The predicted molar refractivity (Wildman–Crippen MR) is 180 cm³/mol. The number of benzene rings is 1. The standard InChI is InChI=1S/C33H51F5N4O4SSi/c1-30(2,3)47(44)41-25(19-46-31(4,5)33(36,37)38)29-39-24-16-23(11-12-26(24)42(29)20-45-13-14-48(6,7)8)28(22-9-10-22)40-27(43)15-21-17-32(34,35)18-21/h11-12,16,21-22,25,28,41H,9-10,13-15,17-20H2,1-8H3,(H,40,43)/t25-,28+,47?/m0/s1. The molecule has 2 aliphatic rings. The van der Waals surface area contributed by atoms with Gasteiger partial charge in [0.05, 0.1) is 23.7 Å². The van der Waals surface area contributed by atoms with Crippen molar-refractivity contribution < 1.29 is 40.8 Å². The van der Waals surface area contributed by atoms with E-state index in [1.165, 1.54) is 0 Å². The highest BCUT2D eigenvalue weighted by Crippen LogP contribution is 2.45. The van der Waals surface area contributed by atoms with Gasteiger partial charge in [-0.05, 0) is 83.0 Å². The van der Waals surface area contributed by atoms with Crippen molar-refractivity contribution in [1.82, 2.24) is 19.6 Å². The molecule has 8 nitrogen and oxygen atoms in total. The average molecular weight is 723 g/mol. The number of aromatic nitrogens is 2. The monoisotopic (exact) mass is 722 g/mol. The van der Waals surface area contributed by atoms with E-state index in [4.69, 9.17) is 14.5 Å². The third-order valence-corrected chi connectivity index (χ3v) is 12.2. The molecule has 0 saturated heterocycles. The maximum atomic E-state index is 13.8. The molecular formula is C33H51F5N4O4SSi. The van der Waals surface area contributed by atoms with Gasteiger partial charge in [0.25, 0.3) is 0 Å². The van der Waals surface area contributed by atoms with Crippen LogP contribution in [-0.2, 0) is 32.4 Å². The van der Waals surface area contributed by atoms with Gasteiger partial charge in [-0.25, -0.2) is 13.8 Å². The van der Waals surface area contributed by atoms with E-state index in [2.05, 4.69) is 29.7 Å². The lowest BCUT2D eigenvalue weighted by Crippen LogP contribution is -2.47. The summed E-state index contributed by atoms with van der Waals surface area (Å²) < 4.78 is 96.9. The molecule has 0 aliphatic heterocycles. The number of alkyl halides is 5. The second-order valence-corrected chi connectivity index (χ2v) is 23.7. The number of amides is 1. The number of carbonyl (C=O) groups excluding carboxylic acids is 1. The van der Waals surface area contributed by atoms with Crippen LogP contribution in [0.3, 0.4) is 0 Å². The van der Waals surface area contributed by atoms with Crippen molar-refractivity contribution in [3.63, 3.8) is 0 Å². The third-order valence-electron chi connectivity index (χ3n) is 8.85. The number of halogens is 5. The van der Waals surface area contributed by atoms with Gasteiger partial charge >= 0.3 is 6.18 Å². The number of hydrogen-bond donors (Lipinski definition) is 2. The van der Waals surface area contributed by atoms with Crippen LogP contribution >= 0.6 is 0 Å². The van der Waals surface area contributed by atoms with Crippen molar-refractivity contribution in [3.05, 3.63) is 29.6 Å². The molecule has 15 heteroatoms. The number of carbonyl (C=O) groups is 1. The second kappa shape index (κ2) is 14.5. The summed E-state index contributed by atoms with van der Waals surface area (Å²) in [6.45, 7) is 13.9. The van der Waals surface area contributed by atoms with Gasteiger partial charge in [-0.1, -0.05) is 25.7 Å². The van der Waals surface area contributed by atoms with Gasteiger partial charge in [0.15, 0.2) is 5.60 Å². The van der Waals surface area contributed by atoms with E-state index in [-0.39, 0.29) is 49.8 Å². The van der Waals surface area contributed by atoms with Crippen LogP contribution in [0.15, 0.2) is 18.2 Å². The summed E-state index contributed by atoms with van der Waals surface area (Å²) in [4.78, 5) is 17.8. The minimum atomic E-state index is -4.64. The normalized spacial score (nSPS) is 19.6.